The fourth-order valence-electron chi connectivity index (χ4n) is 3.18. The number of benzene rings is 1. The van der Waals surface area contributed by atoms with Crippen LogP contribution in [0.1, 0.15) is 29.6 Å². The Kier molecular flexibility index (Phi) is 4.17. The Hall–Kier alpha value is -2.40. The number of nitrogens with zero attached hydrogens (tertiary/aromatic N) is 2. The fraction of sp³-hybridized carbons (Fsp3) is 0.368. The largest absolute Gasteiger partial charge is 0.438 e. The predicted octanol–water partition coefficient (Wildman–Crippen LogP) is 2.84. The van der Waals surface area contributed by atoms with Gasteiger partial charge in [-0.15, -0.1) is 0 Å². The second-order valence-corrected chi connectivity index (χ2v) is 6.46. The summed E-state index contributed by atoms with van der Waals surface area (Å²) in [6.07, 6.45) is 5.26. The topological polar surface area (TPSA) is 54.5 Å². The summed E-state index contributed by atoms with van der Waals surface area (Å²) >= 11 is 0. The molecule has 1 saturated carbocycles. The van der Waals surface area contributed by atoms with E-state index in [1.807, 2.05) is 30.3 Å². The Morgan fingerprint density at radius 2 is 1.96 bits per heavy atom. The molecule has 0 bridgehead atoms. The van der Waals surface area contributed by atoms with Crippen LogP contribution in [0.3, 0.4) is 0 Å². The summed E-state index contributed by atoms with van der Waals surface area (Å²) in [6, 6.07) is 13.9. The molecule has 2 aliphatic rings. The Labute approximate surface area is 141 Å². The fourth-order valence-corrected chi connectivity index (χ4v) is 3.18. The van der Waals surface area contributed by atoms with Crippen LogP contribution in [0.2, 0.25) is 0 Å². The van der Waals surface area contributed by atoms with Gasteiger partial charge in [0.05, 0.1) is 0 Å². The molecule has 2 fully saturated rings. The van der Waals surface area contributed by atoms with E-state index >= 15 is 0 Å². The van der Waals surface area contributed by atoms with Gasteiger partial charge in [0.2, 0.25) is 5.88 Å². The molecule has 1 saturated heterocycles. The molecule has 2 aromatic rings. The molecule has 5 nitrogen and oxygen atoms in total. The maximum atomic E-state index is 12.7. The minimum absolute atomic E-state index is 0.114. The number of amides is 1. The van der Waals surface area contributed by atoms with Crippen molar-refractivity contribution >= 4 is 5.91 Å². The van der Waals surface area contributed by atoms with Crippen LogP contribution in [0.5, 0.6) is 11.6 Å². The van der Waals surface area contributed by atoms with Crippen LogP contribution in [0, 0.1) is 0 Å². The zero-order valence-corrected chi connectivity index (χ0v) is 13.5. The van der Waals surface area contributed by atoms with Gasteiger partial charge in [-0.25, -0.2) is 4.98 Å². The van der Waals surface area contributed by atoms with Crippen molar-refractivity contribution in [2.45, 2.75) is 31.3 Å². The van der Waals surface area contributed by atoms with E-state index in [2.05, 4.69) is 15.2 Å². The van der Waals surface area contributed by atoms with Gasteiger partial charge in [0.25, 0.3) is 5.91 Å². The van der Waals surface area contributed by atoms with E-state index in [9.17, 15) is 4.79 Å². The van der Waals surface area contributed by atoms with E-state index < -0.39 is 0 Å². The maximum Gasteiger partial charge on any atom is 0.257 e. The summed E-state index contributed by atoms with van der Waals surface area (Å²) in [6.45, 7) is 2.03. The second kappa shape index (κ2) is 6.61. The molecule has 124 valence electrons. The number of pyridine rings is 1. The highest BCUT2D eigenvalue weighted by atomic mass is 16.5. The Balaban J connectivity index is 1.44. The molecule has 5 heteroatoms. The van der Waals surface area contributed by atoms with Crippen LogP contribution in [-0.2, 0) is 0 Å². The molecule has 1 amide bonds. The number of carbonyl (C=O) groups excluding carboxylic acids is 1. The van der Waals surface area contributed by atoms with Crippen LogP contribution < -0.4 is 10.1 Å². The van der Waals surface area contributed by atoms with Gasteiger partial charge in [-0.3, -0.25) is 9.69 Å². The van der Waals surface area contributed by atoms with Gasteiger partial charge in [0.1, 0.15) is 11.3 Å². The van der Waals surface area contributed by atoms with Crippen molar-refractivity contribution in [3.05, 3.63) is 54.2 Å². The van der Waals surface area contributed by atoms with Crippen LogP contribution >= 0.6 is 0 Å². The summed E-state index contributed by atoms with van der Waals surface area (Å²) in [5.41, 5.74) is 0.478. The van der Waals surface area contributed by atoms with Crippen molar-refractivity contribution < 1.29 is 9.53 Å². The van der Waals surface area contributed by atoms with Gasteiger partial charge in [-0.05, 0) is 43.5 Å². The van der Waals surface area contributed by atoms with Gasteiger partial charge in [0, 0.05) is 31.4 Å². The number of carbonyl (C=O) groups is 1. The number of aromatic nitrogens is 1. The molecule has 4 rings (SSSR count). The lowest BCUT2D eigenvalue weighted by Crippen LogP contribution is -2.37. The number of likely N-dealkylation sites (tertiary alicyclic amines) is 1. The van der Waals surface area contributed by atoms with Gasteiger partial charge >= 0.3 is 0 Å². The van der Waals surface area contributed by atoms with Crippen LogP contribution in [0.25, 0.3) is 0 Å². The predicted molar refractivity (Wildman–Crippen MR) is 91.2 cm³/mol. The van der Waals surface area contributed by atoms with Crippen molar-refractivity contribution in [2.24, 2.45) is 0 Å². The quantitative estimate of drug-likeness (QED) is 0.919. The molecule has 1 N–H and O–H groups in total. The molecule has 1 aromatic heterocycles. The number of rotatable bonds is 5. The second-order valence-electron chi connectivity index (χ2n) is 6.46. The smallest absolute Gasteiger partial charge is 0.257 e. The summed E-state index contributed by atoms with van der Waals surface area (Å²) in [4.78, 5) is 19.4. The van der Waals surface area contributed by atoms with Crippen LogP contribution in [-0.4, -0.2) is 41.0 Å². The molecule has 1 aromatic carbocycles. The number of nitrogens with one attached hydrogen (secondary N) is 1. The van der Waals surface area contributed by atoms with E-state index in [4.69, 9.17) is 4.74 Å². The highest BCUT2D eigenvalue weighted by Gasteiger charge is 2.35. The molecule has 1 atom stereocenters. The lowest BCUT2D eigenvalue weighted by atomic mass is 10.2. The van der Waals surface area contributed by atoms with Gasteiger partial charge in [0.15, 0.2) is 0 Å². The first-order chi connectivity index (χ1) is 11.8. The molecular weight excluding hydrogens is 302 g/mol. The molecular formula is C19H21N3O2. The van der Waals surface area contributed by atoms with Crippen molar-refractivity contribution in [1.82, 2.24) is 15.2 Å². The van der Waals surface area contributed by atoms with Crippen molar-refractivity contribution in [2.75, 3.05) is 13.1 Å². The maximum absolute atomic E-state index is 12.7. The molecule has 24 heavy (non-hydrogen) atoms. The first-order valence-electron chi connectivity index (χ1n) is 8.52. The molecule has 1 aliphatic heterocycles. The normalized spacial score (nSPS) is 20.8. The Bertz CT molecular complexity index is 716. The highest BCUT2D eigenvalue weighted by molar-refractivity contribution is 5.96. The highest BCUT2D eigenvalue weighted by Crippen LogP contribution is 2.30. The van der Waals surface area contributed by atoms with E-state index in [1.54, 1.807) is 18.3 Å². The number of hydrogen-bond acceptors (Lipinski definition) is 4. The lowest BCUT2D eigenvalue weighted by Gasteiger charge is -2.16. The zero-order chi connectivity index (χ0) is 16.4. The standard InChI is InChI=1S/C19H21N3O2/c23-18(21-14-10-12-22(13-14)15-8-9-15)17-7-4-11-20-19(17)24-16-5-2-1-3-6-16/h1-7,11,14-15H,8-10,12-13H2,(H,21,23)/t14-/m0/s1. The van der Waals surface area contributed by atoms with Crippen molar-refractivity contribution in [3.8, 4) is 11.6 Å². The number of hydrogen-bond donors (Lipinski definition) is 1. The van der Waals surface area contributed by atoms with E-state index in [0.717, 1.165) is 25.6 Å². The average Bonchev–Trinajstić information content (AvgIpc) is 3.36. The Morgan fingerprint density at radius 1 is 1.12 bits per heavy atom. The summed E-state index contributed by atoms with van der Waals surface area (Å²) in [5.74, 6) is 0.904. The van der Waals surface area contributed by atoms with Gasteiger partial charge < -0.3 is 10.1 Å². The zero-order valence-electron chi connectivity index (χ0n) is 13.5. The first-order valence-corrected chi connectivity index (χ1v) is 8.52. The van der Waals surface area contributed by atoms with Gasteiger partial charge in [-0.2, -0.15) is 0 Å². The van der Waals surface area contributed by atoms with Crippen molar-refractivity contribution in [3.63, 3.8) is 0 Å². The Morgan fingerprint density at radius 3 is 2.75 bits per heavy atom. The number of para-hydroxylation sites is 1. The monoisotopic (exact) mass is 323 g/mol. The number of ether oxygens (including phenoxy) is 1. The summed E-state index contributed by atoms with van der Waals surface area (Å²) < 4.78 is 5.78. The van der Waals surface area contributed by atoms with E-state index in [1.165, 1.54) is 12.8 Å². The molecule has 2 heterocycles. The van der Waals surface area contributed by atoms with Crippen LogP contribution in [0.15, 0.2) is 48.7 Å². The van der Waals surface area contributed by atoms with Crippen LogP contribution in [0.4, 0.5) is 0 Å². The molecule has 0 spiro atoms. The lowest BCUT2D eigenvalue weighted by molar-refractivity contribution is 0.0934. The van der Waals surface area contributed by atoms with Crippen molar-refractivity contribution in [1.29, 1.82) is 0 Å². The SMILES string of the molecule is O=C(N[C@H]1CCN(C2CC2)C1)c1cccnc1Oc1ccccc1. The third kappa shape index (κ3) is 3.41. The first kappa shape index (κ1) is 15.1. The minimum Gasteiger partial charge on any atom is -0.438 e. The average molecular weight is 323 g/mol. The minimum atomic E-state index is -0.114. The molecule has 0 radical (unpaired) electrons. The summed E-state index contributed by atoms with van der Waals surface area (Å²) in [7, 11) is 0. The molecule has 1 aliphatic carbocycles. The summed E-state index contributed by atoms with van der Waals surface area (Å²) in [5, 5.41) is 3.13. The van der Waals surface area contributed by atoms with E-state index in [0.29, 0.717) is 17.2 Å². The molecule has 0 unspecified atom stereocenters. The third-order valence-electron chi connectivity index (χ3n) is 4.59. The third-order valence-corrected chi connectivity index (χ3v) is 4.59. The van der Waals surface area contributed by atoms with E-state index in [-0.39, 0.29) is 11.9 Å². The van der Waals surface area contributed by atoms with Gasteiger partial charge in [-0.1, -0.05) is 18.2 Å².